The molecule has 274 valence electrons. The average molecular weight is 662 g/mol. The van der Waals surface area contributed by atoms with Crippen LogP contribution in [-0.4, -0.2) is 50.1 Å². The lowest BCUT2D eigenvalue weighted by Crippen LogP contribution is -2.28. The SMILES string of the molecule is C=C=C(CN(C=C)CC)N(C)CC/C=C\C.C=Cc1ccc(C2=CCC(CCCCCCCCC)C=C2)cc1.CC.CC.CCCNC. The first-order chi connectivity index (χ1) is 23.4. The number of hydrogen-bond donors (Lipinski definition) is 1. The standard InChI is InChI=1S/C23H32.C14H24N2.C4H11N.2C2H6/c1-3-5-6-7-8-9-10-11-21-14-18-23(19-15-21)22-16-12-20(4-2)13-17-22;1-6-10-11-12-15(5)14(7-2)13-16(8-3)9-4;1-3-4-5-2;2*1-2/h4,12-14,16-19,21H,2-3,5-11,15H2,1H3;6,8,10H,2-3,9,11-13H2,1,4-5H3;5H,3-4H2,1-2H3;2*1-2H3/b;10-6-;;;. The van der Waals surface area contributed by atoms with Crippen LogP contribution in [0.2, 0.25) is 0 Å². The summed E-state index contributed by atoms with van der Waals surface area (Å²) in [5.74, 6) is 0.752. The van der Waals surface area contributed by atoms with Crippen LogP contribution in [0, 0.1) is 5.92 Å². The minimum absolute atomic E-state index is 0.752. The van der Waals surface area contributed by atoms with Crippen molar-refractivity contribution in [2.45, 2.75) is 126 Å². The minimum atomic E-state index is 0.752. The van der Waals surface area contributed by atoms with Gasteiger partial charge in [-0.15, -0.1) is 5.73 Å². The van der Waals surface area contributed by atoms with Crippen LogP contribution in [0.4, 0.5) is 0 Å². The van der Waals surface area contributed by atoms with Crippen molar-refractivity contribution >= 4 is 11.6 Å². The van der Waals surface area contributed by atoms with E-state index in [0.717, 1.165) is 44.2 Å². The van der Waals surface area contributed by atoms with E-state index in [1.807, 2.05) is 53.9 Å². The second-order valence-electron chi connectivity index (χ2n) is 11.5. The Balaban J connectivity index is -0.000000704. The van der Waals surface area contributed by atoms with Crippen molar-refractivity contribution in [2.24, 2.45) is 5.92 Å². The first kappa shape index (κ1) is 49.4. The lowest BCUT2D eigenvalue weighted by atomic mass is 9.89. The number of rotatable bonds is 20. The molecule has 0 radical (unpaired) electrons. The summed E-state index contributed by atoms with van der Waals surface area (Å²) in [6.07, 6.45) is 29.8. The van der Waals surface area contributed by atoms with Crippen molar-refractivity contribution in [1.29, 1.82) is 0 Å². The molecule has 1 unspecified atom stereocenters. The zero-order valence-corrected chi connectivity index (χ0v) is 33.6. The Morgan fingerprint density at radius 1 is 0.938 bits per heavy atom. The van der Waals surface area contributed by atoms with E-state index in [1.165, 1.54) is 80.9 Å². The van der Waals surface area contributed by atoms with Gasteiger partial charge in [-0.2, -0.15) is 0 Å². The number of benzene rings is 1. The fraction of sp³-hybridized carbons (Fsp3) is 0.578. The summed E-state index contributed by atoms with van der Waals surface area (Å²) in [4.78, 5) is 4.33. The Labute approximate surface area is 301 Å². The first-order valence-electron chi connectivity index (χ1n) is 19.3. The molecule has 3 nitrogen and oxygen atoms in total. The van der Waals surface area contributed by atoms with Gasteiger partial charge in [-0.3, -0.25) is 0 Å². The molecule has 1 aliphatic rings. The zero-order valence-electron chi connectivity index (χ0n) is 33.6. The molecule has 0 fully saturated rings. The second-order valence-corrected chi connectivity index (χ2v) is 11.5. The summed E-state index contributed by atoms with van der Waals surface area (Å²) in [6.45, 7) is 31.9. The van der Waals surface area contributed by atoms with Crippen molar-refractivity contribution in [1.82, 2.24) is 15.1 Å². The van der Waals surface area contributed by atoms with E-state index in [4.69, 9.17) is 0 Å². The zero-order chi connectivity index (χ0) is 36.8. The minimum Gasteiger partial charge on any atom is -0.372 e. The summed E-state index contributed by atoms with van der Waals surface area (Å²) < 4.78 is 0. The normalized spacial score (nSPS) is 12.6. The van der Waals surface area contributed by atoms with Gasteiger partial charge < -0.3 is 15.1 Å². The van der Waals surface area contributed by atoms with Crippen molar-refractivity contribution < 1.29 is 0 Å². The molecule has 2 rings (SSSR count). The van der Waals surface area contributed by atoms with Crippen molar-refractivity contribution in [3.63, 3.8) is 0 Å². The summed E-state index contributed by atoms with van der Waals surface area (Å²) >= 11 is 0. The van der Waals surface area contributed by atoms with Gasteiger partial charge in [0.25, 0.3) is 0 Å². The molecule has 0 saturated carbocycles. The molecule has 0 spiro atoms. The third-order valence-electron chi connectivity index (χ3n) is 7.90. The van der Waals surface area contributed by atoms with E-state index < -0.39 is 0 Å². The van der Waals surface area contributed by atoms with Gasteiger partial charge in [0, 0.05) is 20.1 Å². The molecule has 48 heavy (non-hydrogen) atoms. The predicted octanol–water partition coefficient (Wildman–Crippen LogP) is 13.1. The Morgan fingerprint density at radius 3 is 2.00 bits per heavy atom. The molecule has 0 aliphatic heterocycles. The van der Waals surface area contributed by atoms with E-state index in [9.17, 15) is 0 Å². The Bertz CT molecular complexity index is 990. The summed E-state index contributed by atoms with van der Waals surface area (Å²) in [6, 6.07) is 8.68. The Hall–Kier alpha value is -3.00. The van der Waals surface area contributed by atoms with Crippen LogP contribution in [0.25, 0.3) is 11.6 Å². The maximum absolute atomic E-state index is 3.81. The number of allylic oxidation sites excluding steroid dienone is 5. The molecule has 1 aromatic carbocycles. The lowest BCUT2D eigenvalue weighted by Gasteiger charge is -2.25. The van der Waals surface area contributed by atoms with Gasteiger partial charge in [-0.1, -0.05) is 167 Å². The van der Waals surface area contributed by atoms with Crippen LogP contribution < -0.4 is 5.32 Å². The molecule has 3 heteroatoms. The van der Waals surface area contributed by atoms with E-state index in [0.29, 0.717) is 0 Å². The van der Waals surface area contributed by atoms with E-state index in [-0.39, 0.29) is 0 Å². The second kappa shape index (κ2) is 38.4. The molecule has 1 atom stereocenters. The van der Waals surface area contributed by atoms with Crippen LogP contribution in [0.3, 0.4) is 0 Å². The van der Waals surface area contributed by atoms with Gasteiger partial charge in [0.15, 0.2) is 0 Å². The van der Waals surface area contributed by atoms with Gasteiger partial charge in [-0.25, -0.2) is 0 Å². The Morgan fingerprint density at radius 2 is 1.56 bits per heavy atom. The average Bonchev–Trinajstić information content (AvgIpc) is 3.14. The van der Waals surface area contributed by atoms with Crippen molar-refractivity contribution in [3.05, 3.63) is 103 Å². The highest BCUT2D eigenvalue weighted by atomic mass is 15.2. The highest BCUT2D eigenvalue weighted by Gasteiger charge is 2.10. The molecular formula is C45H79N3. The summed E-state index contributed by atoms with van der Waals surface area (Å²) in [5, 5.41) is 3.02. The largest absolute Gasteiger partial charge is 0.372 e. The molecule has 1 N–H and O–H groups in total. The van der Waals surface area contributed by atoms with E-state index in [1.54, 1.807) is 0 Å². The molecule has 1 aliphatic carbocycles. The van der Waals surface area contributed by atoms with Crippen LogP contribution in [-0.2, 0) is 0 Å². The maximum Gasteiger partial charge on any atom is 0.0752 e. The quantitative estimate of drug-likeness (QED) is 0.0852. The third-order valence-corrected chi connectivity index (χ3v) is 7.90. The fourth-order valence-electron chi connectivity index (χ4n) is 4.90. The molecule has 0 amide bonds. The van der Waals surface area contributed by atoms with Gasteiger partial charge in [0.1, 0.15) is 0 Å². The number of hydrogen-bond acceptors (Lipinski definition) is 3. The Kier molecular flexibility index (Phi) is 39.6. The summed E-state index contributed by atoms with van der Waals surface area (Å²) in [7, 11) is 4.04. The van der Waals surface area contributed by atoms with E-state index in [2.05, 4.69) is 123 Å². The number of nitrogens with zero attached hydrogens (tertiary/aromatic N) is 2. The van der Waals surface area contributed by atoms with Crippen LogP contribution in [0.5, 0.6) is 0 Å². The number of unbranched alkanes of at least 4 members (excludes halogenated alkanes) is 6. The highest BCUT2D eigenvalue weighted by molar-refractivity contribution is 5.75. The lowest BCUT2D eigenvalue weighted by molar-refractivity contribution is 0.346. The topological polar surface area (TPSA) is 18.5 Å². The van der Waals surface area contributed by atoms with Crippen molar-refractivity contribution in [2.75, 3.05) is 40.3 Å². The van der Waals surface area contributed by atoms with Gasteiger partial charge >= 0.3 is 0 Å². The van der Waals surface area contributed by atoms with Gasteiger partial charge in [0.05, 0.1) is 12.2 Å². The molecule has 0 aromatic heterocycles. The van der Waals surface area contributed by atoms with E-state index >= 15 is 0 Å². The van der Waals surface area contributed by atoms with Gasteiger partial charge in [0.2, 0.25) is 0 Å². The first-order valence-corrected chi connectivity index (χ1v) is 19.3. The van der Waals surface area contributed by atoms with Crippen LogP contribution >= 0.6 is 0 Å². The fourth-order valence-corrected chi connectivity index (χ4v) is 4.90. The molecule has 0 saturated heterocycles. The third kappa shape index (κ3) is 27.0. The monoisotopic (exact) mass is 662 g/mol. The predicted molar refractivity (Wildman–Crippen MR) is 223 cm³/mol. The maximum atomic E-state index is 3.81. The van der Waals surface area contributed by atoms with Crippen LogP contribution in [0.15, 0.2) is 92.0 Å². The smallest absolute Gasteiger partial charge is 0.0752 e. The summed E-state index contributed by atoms with van der Waals surface area (Å²) in [5.41, 5.74) is 8.00. The van der Waals surface area contributed by atoms with Crippen molar-refractivity contribution in [3.8, 4) is 0 Å². The highest BCUT2D eigenvalue weighted by Crippen LogP contribution is 2.27. The molecular weight excluding hydrogens is 583 g/mol. The molecule has 1 aromatic rings. The van der Waals surface area contributed by atoms with Gasteiger partial charge in [-0.05, 0) is 81.9 Å². The molecule has 0 heterocycles. The number of nitrogens with one attached hydrogen (secondary N) is 1. The number of likely N-dealkylation sites (N-methyl/N-ethyl adjacent to an activating group) is 2. The van der Waals surface area contributed by atoms with Crippen LogP contribution in [0.1, 0.15) is 137 Å². The molecule has 0 bridgehead atoms.